The first-order chi connectivity index (χ1) is 24.1. The van der Waals surface area contributed by atoms with Crippen LogP contribution in [0.2, 0.25) is 0 Å². The van der Waals surface area contributed by atoms with Gasteiger partial charge in [-0.05, 0) is 66.4 Å². The van der Waals surface area contributed by atoms with Crippen molar-refractivity contribution in [3.05, 3.63) is 125 Å². The summed E-state index contributed by atoms with van der Waals surface area (Å²) in [6.07, 6.45) is -10.3. The Hall–Kier alpha value is -5.66. The highest BCUT2D eigenvalue weighted by molar-refractivity contribution is 6.09. The second kappa shape index (κ2) is 15.9. The molecule has 0 aliphatic heterocycles. The van der Waals surface area contributed by atoms with Crippen LogP contribution in [0, 0.1) is 0 Å². The maximum Gasteiger partial charge on any atom is 0.418 e. The predicted molar refractivity (Wildman–Crippen MR) is 172 cm³/mol. The maximum atomic E-state index is 14.2. The zero-order chi connectivity index (χ0) is 37.4. The summed E-state index contributed by atoms with van der Waals surface area (Å²) in [6, 6.07) is 19.9. The first kappa shape index (κ1) is 38.1. The van der Waals surface area contributed by atoms with Crippen molar-refractivity contribution in [2.24, 2.45) is 0 Å². The summed E-state index contributed by atoms with van der Waals surface area (Å²) >= 11 is 0. The van der Waals surface area contributed by atoms with Gasteiger partial charge in [0.25, 0.3) is 5.91 Å². The number of halogens is 6. The number of carbonyl (C=O) groups excluding carboxylic acids is 4. The molecule has 0 spiro atoms. The molecule has 0 bridgehead atoms. The lowest BCUT2D eigenvalue weighted by atomic mass is 9.81. The van der Waals surface area contributed by atoms with E-state index < -0.39 is 71.4 Å². The van der Waals surface area contributed by atoms with Gasteiger partial charge in [-0.1, -0.05) is 66.7 Å². The van der Waals surface area contributed by atoms with Crippen LogP contribution in [0.5, 0.6) is 0 Å². The lowest BCUT2D eigenvalue weighted by molar-refractivity contribution is -0.170. The van der Waals surface area contributed by atoms with Gasteiger partial charge in [-0.3, -0.25) is 19.2 Å². The normalized spacial score (nSPS) is 11.8. The van der Waals surface area contributed by atoms with Crippen LogP contribution in [-0.2, 0) is 52.8 Å². The minimum Gasteiger partial charge on any atom is -0.465 e. The molecule has 51 heavy (non-hydrogen) atoms. The fourth-order valence-electron chi connectivity index (χ4n) is 5.16. The van der Waals surface area contributed by atoms with E-state index in [1.807, 2.05) is 0 Å². The van der Waals surface area contributed by atoms with Gasteiger partial charge in [-0.2, -0.15) is 26.3 Å². The molecule has 0 radical (unpaired) electrons. The number of ether oxygens (including phenoxy) is 3. The number of benzene rings is 4. The monoisotopic (exact) mass is 715 g/mol. The molecule has 0 aromatic heterocycles. The molecule has 1 N–H and O–H groups in total. The topological polar surface area (TPSA) is 108 Å². The van der Waals surface area contributed by atoms with Gasteiger partial charge in [-0.15, -0.1) is 0 Å². The minimum absolute atomic E-state index is 0.106. The van der Waals surface area contributed by atoms with Crippen LogP contribution in [0.1, 0.15) is 46.5 Å². The van der Waals surface area contributed by atoms with Crippen molar-refractivity contribution in [3.63, 3.8) is 0 Å². The fraction of sp³-hybridized carbons (Fsp3) is 0.243. The highest BCUT2D eigenvalue weighted by Crippen LogP contribution is 2.37. The molecule has 4 aromatic rings. The molecule has 268 valence electrons. The van der Waals surface area contributed by atoms with Crippen molar-refractivity contribution < 1.29 is 59.7 Å². The van der Waals surface area contributed by atoms with Gasteiger partial charge in [0.2, 0.25) is 5.41 Å². The van der Waals surface area contributed by atoms with E-state index in [0.29, 0.717) is 6.07 Å². The molecular formula is C37H31F6NO7. The largest absolute Gasteiger partial charge is 0.465 e. The summed E-state index contributed by atoms with van der Waals surface area (Å²) in [5, 5.41) is 2.21. The Morgan fingerprint density at radius 1 is 0.647 bits per heavy atom. The van der Waals surface area contributed by atoms with Crippen molar-refractivity contribution in [1.82, 2.24) is 0 Å². The molecule has 4 aromatic carbocycles. The number of nitrogens with one attached hydrogen (secondary N) is 1. The van der Waals surface area contributed by atoms with Gasteiger partial charge >= 0.3 is 30.3 Å². The van der Waals surface area contributed by atoms with E-state index in [4.69, 9.17) is 14.2 Å². The van der Waals surface area contributed by atoms with E-state index in [9.17, 15) is 45.5 Å². The van der Waals surface area contributed by atoms with Gasteiger partial charge in [0.05, 0.1) is 36.4 Å². The van der Waals surface area contributed by atoms with E-state index in [2.05, 4.69) is 5.32 Å². The molecule has 14 heteroatoms. The number of hydrogen-bond acceptors (Lipinski definition) is 7. The number of hydrogen-bond donors (Lipinski definition) is 1. The summed E-state index contributed by atoms with van der Waals surface area (Å²) < 4.78 is 97.5. The smallest absolute Gasteiger partial charge is 0.418 e. The van der Waals surface area contributed by atoms with E-state index in [1.54, 1.807) is 6.07 Å². The lowest BCUT2D eigenvalue weighted by Gasteiger charge is -2.29. The lowest BCUT2D eigenvalue weighted by Crippen LogP contribution is -2.50. The average Bonchev–Trinajstić information content (AvgIpc) is 3.09. The van der Waals surface area contributed by atoms with Gasteiger partial charge < -0.3 is 19.5 Å². The zero-order valence-electron chi connectivity index (χ0n) is 27.2. The van der Waals surface area contributed by atoms with Crippen LogP contribution in [-0.4, -0.2) is 43.6 Å². The Labute approximate surface area is 288 Å². The summed E-state index contributed by atoms with van der Waals surface area (Å²) in [7, 11) is 0. The van der Waals surface area contributed by atoms with Crippen LogP contribution in [0.15, 0.2) is 97.1 Å². The molecule has 8 nitrogen and oxygen atoms in total. The van der Waals surface area contributed by atoms with Crippen molar-refractivity contribution in [2.45, 2.75) is 38.0 Å². The van der Waals surface area contributed by atoms with Crippen LogP contribution >= 0.6 is 0 Å². The Balaban J connectivity index is 1.58. The standard InChI is InChI=1S/C37H31F6NO7/c1-3-49-33(47)35(34(48)50-4-2,25-10-6-5-7-11-25)22-51-31(45)21-23-14-19-30(29(20-23)37(41,42)43)44-32(46)28-13-9-8-12-27(28)24-15-17-26(18-16-24)36(38,39)40/h5-20H,3-4,21-22H2,1-2H3,(H,44,46). The van der Waals surface area contributed by atoms with E-state index >= 15 is 0 Å². The Kier molecular flexibility index (Phi) is 11.9. The summed E-state index contributed by atoms with van der Waals surface area (Å²) in [4.78, 5) is 52.6. The van der Waals surface area contributed by atoms with Crippen LogP contribution in [0.3, 0.4) is 0 Å². The van der Waals surface area contributed by atoms with Crippen molar-refractivity contribution in [2.75, 3.05) is 25.1 Å². The van der Waals surface area contributed by atoms with Crippen molar-refractivity contribution in [1.29, 1.82) is 0 Å². The summed E-state index contributed by atoms with van der Waals surface area (Å²) in [5.41, 5.74) is -4.87. The first-order valence-corrected chi connectivity index (χ1v) is 15.5. The predicted octanol–water partition coefficient (Wildman–Crippen LogP) is 7.79. The average molecular weight is 716 g/mol. The van der Waals surface area contributed by atoms with E-state index in [1.165, 1.54) is 62.4 Å². The molecule has 0 heterocycles. The Bertz CT molecular complexity index is 1860. The minimum atomic E-state index is -5.01. The van der Waals surface area contributed by atoms with Crippen molar-refractivity contribution in [3.8, 4) is 11.1 Å². The SMILES string of the molecule is CCOC(=O)C(COC(=O)Cc1ccc(NC(=O)c2ccccc2-c2ccc(C(F)(F)F)cc2)c(C(F)(F)F)c1)(C(=O)OCC)c1ccccc1. The van der Waals surface area contributed by atoms with Gasteiger partial charge in [0, 0.05) is 5.56 Å². The second-order valence-corrected chi connectivity index (χ2v) is 11.0. The number of anilines is 1. The Morgan fingerprint density at radius 2 is 1.24 bits per heavy atom. The molecule has 0 aliphatic rings. The number of rotatable bonds is 12. The third-order valence-electron chi connectivity index (χ3n) is 7.65. The number of carbonyl (C=O) groups is 4. The molecule has 0 aliphatic carbocycles. The third kappa shape index (κ3) is 8.93. The quantitative estimate of drug-likeness (QED) is 0.0691. The molecule has 0 fully saturated rings. The van der Waals surface area contributed by atoms with E-state index in [0.717, 1.165) is 36.4 Å². The second-order valence-electron chi connectivity index (χ2n) is 11.0. The van der Waals surface area contributed by atoms with Crippen LogP contribution < -0.4 is 5.32 Å². The number of amides is 1. The highest BCUT2D eigenvalue weighted by atomic mass is 19.4. The fourth-order valence-corrected chi connectivity index (χ4v) is 5.16. The highest BCUT2D eigenvalue weighted by Gasteiger charge is 2.52. The van der Waals surface area contributed by atoms with E-state index in [-0.39, 0.29) is 41.0 Å². The first-order valence-electron chi connectivity index (χ1n) is 15.5. The van der Waals surface area contributed by atoms with Gasteiger partial charge in [0.15, 0.2) is 0 Å². The summed E-state index contributed by atoms with van der Waals surface area (Å²) in [6.45, 7) is 1.90. The van der Waals surface area contributed by atoms with Crippen LogP contribution in [0.25, 0.3) is 11.1 Å². The molecule has 4 rings (SSSR count). The molecule has 1 amide bonds. The van der Waals surface area contributed by atoms with Crippen LogP contribution in [0.4, 0.5) is 32.0 Å². The molecule has 0 saturated heterocycles. The number of esters is 3. The molecule has 0 unspecified atom stereocenters. The maximum absolute atomic E-state index is 14.2. The third-order valence-corrected chi connectivity index (χ3v) is 7.65. The molecular weight excluding hydrogens is 684 g/mol. The molecule has 0 atom stereocenters. The van der Waals surface area contributed by atoms with Crippen molar-refractivity contribution >= 4 is 29.5 Å². The molecule has 0 saturated carbocycles. The Morgan fingerprint density at radius 3 is 1.80 bits per heavy atom. The zero-order valence-corrected chi connectivity index (χ0v) is 27.2. The van der Waals surface area contributed by atoms with Gasteiger partial charge in [-0.25, -0.2) is 0 Å². The summed E-state index contributed by atoms with van der Waals surface area (Å²) in [5.74, 6) is -4.17. The van der Waals surface area contributed by atoms with Gasteiger partial charge in [0.1, 0.15) is 6.61 Å². The number of alkyl halides is 6.